The Balaban J connectivity index is 2.09. The molecular formula is C27H27F3N2OS. The Kier molecular flexibility index (Phi) is 7.17. The van der Waals surface area contributed by atoms with E-state index in [2.05, 4.69) is 26.1 Å². The van der Waals surface area contributed by atoms with E-state index in [0.29, 0.717) is 5.56 Å². The van der Waals surface area contributed by atoms with E-state index in [1.54, 1.807) is 29.1 Å². The molecule has 178 valence electrons. The maximum Gasteiger partial charge on any atom is 0.416 e. The number of halogens is 3. The van der Waals surface area contributed by atoms with Gasteiger partial charge < -0.3 is 10.4 Å². The van der Waals surface area contributed by atoms with Gasteiger partial charge in [-0.25, -0.2) is 0 Å². The smallest absolute Gasteiger partial charge is 0.416 e. The average molecular weight is 485 g/mol. The second-order valence-electron chi connectivity index (χ2n) is 9.25. The molecule has 1 N–H and O–H groups in total. The van der Waals surface area contributed by atoms with Crippen molar-refractivity contribution >= 4 is 34.3 Å². The molecule has 0 amide bonds. The molecule has 34 heavy (non-hydrogen) atoms. The maximum atomic E-state index is 13.6. The van der Waals surface area contributed by atoms with E-state index in [-0.39, 0.29) is 27.5 Å². The fourth-order valence-corrected chi connectivity index (χ4v) is 3.71. The Hall–Kier alpha value is -3.19. The number of nitrogens with one attached hydrogen (secondary N) is 1. The summed E-state index contributed by atoms with van der Waals surface area (Å²) in [5, 5.41) is 16.4. The molecule has 0 saturated carbocycles. The summed E-state index contributed by atoms with van der Waals surface area (Å²) in [6.45, 7) is 10.1. The van der Waals surface area contributed by atoms with Gasteiger partial charge in [-0.15, -0.1) is 0 Å². The van der Waals surface area contributed by atoms with Gasteiger partial charge in [0.15, 0.2) is 17.4 Å². The molecule has 0 atom stereocenters. The highest BCUT2D eigenvalue weighted by molar-refractivity contribution is 7.81. The van der Waals surface area contributed by atoms with Crippen LogP contribution in [0.3, 0.4) is 0 Å². The molecule has 1 heterocycles. The molecule has 0 aliphatic heterocycles. The first kappa shape index (κ1) is 25.4. The van der Waals surface area contributed by atoms with Crippen molar-refractivity contribution in [2.75, 3.05) is 5.32 Å². The summed E-state index contributed by atoms with van der Waals surface area (Å²) in [6.07, 6.45) is -0.997. The van der Waals surface area contributed by atoms with Gasteiger partial charge in [-0.3, -0.25) is 0 Å². The van der Waals surface area contributed by atoms with Crippen LogP contribution < -0.4 is 15.0 Å². The number of nitrogens with zero attached hydrogens (tertiary/aromatic N) is 1. The number of rotatable bonds is 4. The van der Waals surface area contributed by atoms with Crippen molar-refractivity contribution in [3.63, 3.8) is 0 Å². The third kappa shape index (κ3) is 5.83. The molecule has 0 bridgehead atoms. The van der Waals surface area contributed by atoms with Gasteiger partial charge in [-0.1, -0.05) is 57.3 Å². The van der Waals surface area contributed by atoms with Gasteiger partial charge in [-0.05, 0) is 65.5 Å². The Labute approximate surface area is 203 Å². The third-order valence-corrected chi connectivity index (χ3v) is 5.90. The van der Waals surface area contributed by atoms with Gasteiger partial charge >= 0.3 is 6.18 Å². The molecule has 1 aromatic heterocycles. The highest BCUT2D eigenvalue weighted by Gasteiger charge is 2.30. The zero-order valence-electron chi connectivity index (χ0n) is 19.7. The van der Waals surface area contributed by atoms with Crippen LogP contribution in [0.4, 0.5) is 18.9 Å². The summed E-state index contributed by atoms with van der Waals surface area (Å²) < 4.78 is 41.1. The van der Waals surface area contributed by atoms with Crippen molar-refractivity contribution in [3.05, 3.63) is 94.8 Å². The fraction of sp³-hybridized carbons (Fsp3) is 0.259. The van der Waals surface area contributed by atoms with E-state index in [1.165, 1.54) is 12.1 Å². The number of thiocarbonyl (C=S) groups is 1. The molecule has 2 aromatic carbocycles. The fourth-order valence-electron chi connectivity index (χ4n) is 3.40. The monoisotopic (exact) mass is 484 g/mol. The standard InChI is InChI=1S/C27H27F3N2OS/c1-17-9-10-19(15-18(17)2)24(33)23(32-13-11-20(12-14-32)26(3,4)5)25(34)31-22-8-6-7-21(16-22)27(28,29)30/h6-16H,1-5H3,(H-,31,33,34). The third-order valence-electron chi connectivity index (χ3n) is 5.60. The molecule has 0 radical (unpaired) electrons. The zero-order valence-corrected chi connectivity index (χ0v) is 20.6. The number of anilines is 1. The van der Waals surface area contributed by atoms with Crippen LogP contribution in [0, 0.1) is 13.8 Å². The van der Waals surface area contributed by atoms with Crippen molar-refractivity contribution < 1.29 is 22.8 Å². The predicted molar refractivity (Wildman–Crippen MR) is 132 cm³/mol. The zero-order chi connectivity index (χ0) is 25.3. The van der Waals surface area contributed by atoms with Crippen LogP contribution in [0.2, 0.25) is 0 Å². The Morgan fingerprint density at radius 3 is 2.09 bits per heavy atom. The van der Waals surface area contributed by atoms with Crippen LogP contribution in [0.25, 0.3) is 11.5 Å². The van der Waals surface area contributed by atoms with E-state index >= 15 is 0 Å². The molecule has 0 spiro atoms. The van der Waals surface area contributed by atoms with E-state index < -0.39 is 11.7 Å². The molecule has 0 saturated heterocycles. The molecule has 0 aliphatic rings. The summed E-state index contributed by atoms with van der Waals surface area (Å²) in [5.41, 5.74) is 2.92. The molecule has 3 nitrogen and oxygen atoms in total. The van der Waals surface area contributed by atoms with Gasteiger partial charge in [-0.2, -0.15) is 17.7 Å². The van der Waals surface area contributed by atoms with Crippen LogP contribution >= 0.6 is 12.2 Å². The molecule has 7 heteroatoms. The number of aromatic nitrogens is 1. The quantitative estimate of drug-likeness (QED) is 0.213. The minimum atomic E-state index is -4.49. The molecule has 0 fully saturated rings. The Morgan fingerprint density at radius 2 is 1.53 bits per heavy atom. The predicted octanol–water partition coefficient (Wildman–Crippen LogP) is 6.03. The summed E-state index contributed by atoms with van der Waals surface area (Å²) in [4.78, 5) is 0.0241. The number of aryl methyl sites for hydroxylation is 2. The summed E-state index contributed by atoms with van der Waals surface area (Å²) in [7, 11) is 0. The van der Waals surface area contributed by atoms with Gasteiger partial charge in [0.25, 0.3) is 0 Å². The number of alkyl halides is 3. The van der Waals surface area contributed by atoms with Gasteiger partial charge in [0.05, 0.1) is 5.56 Å². The van der Waals surface area contributed by atoms with Gasteiger partial charge in [0.1, 0.15) is 0 Å². The number of benzene rings is 2. The first-order valence-electron chi connectivity index (χ1n) is 10.8. The highest BCUT2D eigenvalue weighted by Crippen LogP contribution is 2.31. The van der Waals surface area contributed by atoms with E-state index in [4.69, 9.17) is 12.2 Å². The van der Waals surface area contributed by atoms with Crippen LogP contribution in [0.15, 0.2) is 67.0 Å². The van der Waals surface area contributed by atoms with E-state index in [0.717, 1.165) is 28.8 Å². The summed E-state index contributed by atoms with van der Waals surface area (Å²) in [5.74, 6) is -0.332. The van der Waals surface area contributed by atoms with Crippen LogP contribution in [0.5, 0.6) is 0 Å². The highest BCUT2D eigenvalue weighted by atomic mass is 32.1. The number of hydrogen-bond donors (Lipinski definition) is 1. The SMILES string of the molecule is Cc1ccc(C([O-])=C(C(=S)Nc2cccc(C(F)(F)F)c2)[n+]2ccc(C(C)(C)C)cc2)cc1C. The Morgan fingerprint density at radius 1 is 0.882 bits per heavy atom. The maximum absolute atomic E-state index is 13.6. The minimum Gasteiger partial charge on any atom is -0.867 e. The average Bonchev–Trinajstić information content (AvgIpc) is 2.75. The van der Waals surface area contributed by atoms with Crippen LogP contribution in [-0.2, 0) is 11.6 Å². The minimum absolute atomic E-state index is 0.0241. The summed E-state index contributed by atoms with van der Waals surface area (Å²) >= 11 is 5.55. The molecule has 3 aromatic rings. The van der Waals surface area contributed by atoms with Gasteiger partial charge in [0, 0.05) is 17.8 Å². The Bertz CT molecular complexity index is 1240. The lowest BCUT2D eigenvalue weighted by atomic mass is 9.88. The summed E-state index contributed by atoms with van der Waals surface area (Å²) in [6, 6.07) is 13.9. The number of pyridine rings is 1. The topological polar surface area (TPSA) is 39.0 Å². The second kappa shape index (κ2) is 9.58. The van der Waals surface area contributed by atoms with E-state index in [9.17, 15) is 18.3 Å². The van der Waals surface area contributed by atoms with Crippen molar-refractivity contribution in [2.24, 2.45) is 0 Å². The van der Waals surface area contributed by atoms with Crippen LogP contribution in [-0.4, -0.2) is 4.99 Å². The van der Waals surface area contributed by atoms with Crippen molar-refractivity contribution in [3.8, 4) is 0 Å². The molecule has 0 unspecified atom stereocenters. The second-order valence-corrected chi connectivity index (χ2v) is 9.66. The first-order chi connectivity index (χ1) is 15.8. The number of hydrogen-bond acceptors (Lipinski definition) is 2. The van der Waals surface area contributed by atoms with Crippen molar-refractivity contribution in [1.82, 2.24) is 0 Å². The first-order valence-corrected chi connectivity index (χ1v) is 11.2. The van der Waals surface area contributed by atoms with Crippen molar-refractivity contribution in [1.29, 1.82) is 0 Å². The largest absolute Gasteiger partial charge is 0.867 e. The lowest BCUT2D eigenvalue weighted by molar-refractivity contribution is -0.577. The molecule has 3 rings (SSSR count). The lowest BCUT2D eigenvalue weighted by Crippen LogP contribution is -2.40. The van der Waals surface area contributed by atoms with Crippen molar-refractivity contribution in [2.45, 2.75) is 46.2 Å². The van der Waals surface area contributed by atoms with Crippen LogP contribution in [0.1, 0.15) is 48.6 Å². The normalized spacial score (nSPS) is 12.8. The lowest BCUT2D eigenvalue weighted by Gasteiger charge is -2.20. The molecular weight excluding hydrogens is 457 g/mol. The molecule has 0 aliphatic carbocycles. The van der Waals surface area contributed by atoms with E-state index in [1.807, 2.05) is 32.0 Å². The van der Waals surface area contributed by atoms with Gasteiger partial charge in [0.2, 0.25) is 5.70 Å².